The zero-order valence-corrected chi connectivity index (χ0v) is 12.7. The zero-order chi connectivity index (χ0) is 14.4. The summed E-state index contributed by atoms with van der Waals surface area (Å²) in [6.45, 7) is 0. The lowest BCUT2D eigenvalue weighted by molar-refractivity contribution is -0.121. The van der Waals surface area contributed by atoms with E-state index in [1.54, 1.807) is 7.11 Å². The molecule has 2 unspecified atom stereocenters. The van der Waals surface area contributed by atoms with Crippen molar-refractivity contribution in [1.82, 2.24) is 5.32 Å². The summed E-state index contributed by atoms with van der Waals surface area (Å²) in [5, 5.41) is 3.14. The molecular weight excluding hydrogens is 274 g/mol. The molecule has 1 aromatic carbocycles. The highest BCUT2D eigenvalue weighted by Crippen LogP contribution is 2.25. The van der Waals surface area contributed by atoms with Gasteiger partial charge in [-0.1, -0.05) is 25.0 Å². The molecule has 1 N–H and O–H groups in total. The number of rotatable bonds is 5. The molecule has 4 heteroatoms. The second-order valence-corrected chi connectivity index (χ2v) is 5.71. The maximum absolute atomic E-state index is 12.1. The summed E-state index contributed by atoms with van der Waals surface area (Å²) in [5.41, 5.74) is 0.972. The van der Waals surface area contributed by atoms with Gasteiger partial charge in [-0.25, -0.2) is 0 Å². The predicted molar refractivity (Wildman–Crippen MR) is 81.3 cm³/mol. The van der Waals surface area contributed by atoms with Crippen molar-refractivity contribution in [3.63, 3.8) is 0 Å². The molecule has 1 aliphatic carbocycles. The Labute approximate surface area is 125 Å². The van der Waals surface area contributed by atoms with Crippen LogP contribution in [0.2, 0.25) is 0 Å². The summed E-state index contributed by atoms with van der Waals surface area (Å²) < 4.78 is 5.17. The molecule has 3 nitrogen and oxygen atoms in total. The first-order valence-corrected chi connectivity index (χ1v) is 7.74. The fourth-order valence-electron chi connectivity index (χ4n) is 2.81. The molecule has 0 bridgehead atoms. The van der Waals surface area contributed by atoms with Crippen LogP contribution in [0.5, 0.6) is 5.75 Å². The summed E-state index contributed by atoms with van der Waals surface area (Å²) >= 11 is 5.99. The number of alkyl halides is 1. The van der Waals surface area contributed by atoms with E-state index < -0.39 is 0 Å². The number of carbonyl (C=O) groups is 1. The van der Waals surface area contributed by atoms with E-state index in [0.717, 1.165) is 24.2 Å². The van der Waals surface area contributed by atoms with Crippen LogP contribution in [0.3, 0.4) is 0 Å². The summed E-state index contributed by atoms with van der Waals surface area (Å²) in [6.07, 6.45) is 4.95. The molecule has 2 atom stereocenters. The van der Waals surface area contributed by atoms with E-state index >= 15 is 0 Å². The standard InChI is InChI=1S/C16H22ClNO2/c1-20-14-7-4-5-12(9-14)10-16(19)18-15-8-3-2-6-13(15)11-17/h4-5,7,9,13,15H,2-3,6,8,10-11H2,1H3,(H,18,19). The van der Waals surface area contributed by atoms with Crippen LogP contribution in [-0.4, -0.2) is 24.9 Å². The molecule has 1 aromatic rings. The Bertz CT molecular complexity index is 450. The third kappa shape index (κ3) is 4.14. The number of benzene rings is 1. The highest BCUT2D eigenvalue weighted by atomic mass is 35.5. The average molecular weight is 296 g/mol. The largest absolute Gasteiger partial charge is 0.497 e. The monoisotopic (exact) mass is 295 g/mol. The Morgan fingerprint density at radius 1 is 1.40 bits per heavy atom. The second kappa shape index (κ2) is 7.53. The molecule has 0 saturated heterocycles. The van der Waals surface area contributed by atoms with E-state index in [0.29, 0.717) is 18.2 Å². The van der Waals surface area contributed by atoms with E-state index in [1.807, 2.05) is 24.3 Å². The number of nitrogens with one attached hydrogen (secondary N) is 1. The quantitative estimate of drug-likeness (QED) is 0.848. The third-order valence-corrected chi connectivity index (χ3v) is 4.35. The molecule has 1 saturated carbocycles. The van der Waals surface area contributed by atoms with Gasteiger partial charge in [0.1, 0.15) is 5.75 Å². The first-order chi connectivity index (χ1) is 9.72. The first-order valence-electron chi connectivity index (χ1n) is 7.21. The van der Waals surface area contributed by atoms with Gasteiger partial charge in [0, 0.05) is 11.9 Å². The van der Waals surface area contributed by atoms with Crippen LogP contribution in [0.4, 0.5) is 0 Å². The normalized spacial score (nSPS) is 22.3. The molecule has 1 aliphatic rings. The SMILES string of the molecule is COc1cccc(CC(=O)NC2CCCCC2CCl)c1. The van der Waals surface area contributed by atoms with Crippen LogP contribution in [-0.2, 0) is 11.2 Å². The molecule has 0 aromatic heterocycles. The number of methoxy groups -OCH3 is 1. The summed E-state index contributed by atoms with van der Waals surface area (Å²) in [7, 11) is 1.63. The minimum Gasteiger partial charge on any atom is -0.497 e. The van der Waals surface area contributed by atoms with Gasteiger partial charge in [0.05, 0.1) is 13.5 Å². The van der Waals surface area contributed by atoms with Crippen LogP contribution in [0.15, 0.2) is 24.3 Å². The Hall–Kier alpha value is -1.22. The number of hydrogen-bond donors (Lipinski definition) is 1. The molecule has 1 amide bonds. The molecular formula is C16H22ClNO2. The van der Waals surface area contributed by atoms with Gasteiger partial charge in [0.25, 0.3) is 0 Å². The Balaban J connectivity index is 1.90. The van der Waals surface area contributed by atoms with Crippen LogP contribution in [0, 0.1) is 5.92 Å². The predicted octanol–water partition coefficient (Wildman–Crippen LogP) is 3.15. The first kappa shape index (κ1) is 15.2. The van der Waals surface area contributed by atoms with Crippen molar-refractivity contribution in [2.24, 2.45) is 5.92 Å². The molecule has 110 valence electrons. The third-order valence-electron chi connectivity index (χ3n) is 3.95. The maximum Gasteiger partial charge on any atom is 0.224 e. The number of carbonyl (C=O) groups excluding carboxylic acids is 1. The fourth-order valence-corrected chi connectivity index (χ4v) is 3.18. The van der Waals surface area contributed by atoms with Crippen LogP contribution < -0.4 is 10.1 Å². The van der Waals surface area contributed by atoms with E-state index in [-0.39, 0.29) is 11.9 Å². The minimum absolute atomic E-state index is 0.0697. The summed E-state index contributed by atoms with van der Waals surface area (Å²) in [6, 6.07) is 7.87. The van der Waals surface area contributed by atoms with E-state index in [4.69, 9.17) is 16.3 Å². The van der Waals surface area contributed by atoms with Crippen molar-refractivity contribution < 1.29 is 9.53 Å². The van der Waals surface area contributed by atoms with Crippen LogP contribution in [0.1, 0.15) is 31.2 Å². The summed E-state index contributed by atoms with van der Waals surface area (Å²) in [5.74, 6) is 1.90. The second-order valence-electron chi connectivity index (χ2n) is 5.40. The van der Waals surface area contributed by atoms with E-state index in [9.17, 15) is 4.79 Å². The van der Waals surface area contributed by atoms with Crippen LogP contribution in [0.25, 0.3) is 0 Å². The Kier molecular flexibility index (Phi) is 5.72. The average Bonchev–Trinajstić information content (AvgIpc) is 2.48. The fraction of sp³-hybridized carbons (Fsp3) is 0.562. The topological polar surface area (TPSA) is 38.3 Å². The maximum atomic E-state index is 12.1. The molecule has 0 aliphatic heterocycles. The molecule has 0 radical (unpaired) electrons. The van der Waals surface area contributed by atoms with Crippen molar-refractivity contribution in [3.8, 4) is 5.75 Å². The van der Waals surface area contributed by atoms with Gasteiger partial charge in [-0.2, -0.15) is 0 Å². The van der Waals surface area contributed by atoms with Gasteiger partial charge < -0.3 is 10.1 Å². The lowest BCUT2D eigenvalue weighted by atomic mass is 9.85. The molecule has 0 spiro atoms. The van der Waals surface area contributed by atoms with Crippen molar-refractivity contribution in [2.75, 3.05) is 13.0 Å². The smallest absolute Gasteiger partial charge is 0.224 e. The highest BCUT2D eigenvalue weighted by molar-refractivity contribution is 6.18. The highest BCUT2D eigenvalue weighted by Gasteiger charge is 2.25. The van der Waals surface area contributed by atoms with Gasteiger partial charge in [-0.3, -0.25) is 4.79 Å². The summed E-state index contributed by atoms with van der Waals surface area (Å²) in [4.78, 5) is 12.1. The minimum atomic E-state index is 0.0697. The molecule has 1 fully saturated rings. The van der Waals surface area contributed by atoms with E-state index in [1.165, 1.54) is 12.8 Å². The molecule has 2 rings (SSSR count). The van der Waals surface area contributed by atoms with E-state index in [2.05, 4.69) is 5.32 Å². The van der Waals surface area contributed by atoms with Gasteiger partial charge in [0.2, 0.25) is 5.91 Å². The van der Waals surface area contributed by atoms with Crippen molar-refractivity contribution >= 4 is 17.5 Å². The van der Waals surface area contributed by atoms with Crippen molar-refractivity contribution in [1.29, 1.82) is 0 Å². The number of ether oxygens (including phenoxy) is 1. The van der Waals surface area contributed by atoms with Crippen molar-refractivity contribution in [3.05, 3.63) is 29.8 Å². The molecule has 20 heavy (non-hydrogen) atoms. The molecule has 0 heterocycles. The number of hydrogen-bond acceptors (Lipinski definition) is 2. The number of halogens is 1. The van der Waals surface area contributed by atoms with Gasteiger partial charge >= 0.3 is 0 Å². The lowest BCUT2D eigenvalue weighted by Gasteiger charge is -2.30. The number of amides is 1. The lowest BCUT2D eigenvalue weighted by Crippen LogP contribution is -2.43. The Morgan fingerprint density at radius 3 is 2.95 bits per heavy atom. The van der Waals surface area contributed by atoms with Crippen molar-refractivity contribution in [2.45, 2.75) is 38.1 Å². The van der Waals surface area contributed by atoms with Gasteiger partial charge in [-0.15, -0.1) is 11.6 Å². The Morgan fingerprint density at radius 2 is 2.20 bits per heavy atom. The van der Waals surface area contributed by atoms with Gasteiger partial charge in [-0.05, 0) is 36.5 Å². The van der Waals surface area contributed by atoms with Crippen LogP contribution >= 0.6 is 11.6 Å². The zero-order valence-electron chi connectivity index (χ0n) is 11.9. The van der Waals surface area contributed by atoms with Gasteiger partial charge in [0.15, 0.2) is 0 Å².